The number of aliphatic hydroxyl groups excluding tert-OH is 2. The van der Waals surface area contributed by atoms with E-state index < -0.39 is 41.8 Å². The van der Waals surface area contributed by atoms with Crippen LogP contribution in [-0.2, 0) is 14.3 Å². The lowest BCUT2D eigenvalue weighted by atomic mass is 9.73. The minimum atomic E-state index is -1.28. The summed E-state index contributed by atoms with van der Waals surface area (Å²) in [5, 5.41) is 24.4. The molecular formula is C27H40FNO5S. The topological polar surface area (TPSA) is 96.7 Å². The number of hydrogen-bond acceptors (Lipinski definition) is 7. The number of thiazole rings is 1. The van der Waals surface area contributed by atoms with E-state index in [0.717, 1.165) is 16.3 Å². The van der Waals surface area contributed by atoms with Crippen LogP contribution in [0.25, 0.3) is 6.08 Å². The first-order valence-corrected chi connectivity index (χ1v) is 13.1. The van der Waals surface area contributed by atoms with Gasteiger partial charge >= 0.3 is 5.97 Å². The third-order valence-electron chi connectivity index (χ3n) is 7.15. The second kappa shape index (κ2) is 12.4. The highest BCUT2D eigenvalue weighted by Crippen LogP contribution is 2.33. The first kappa shape index (κ1) is 29.3. The summed E-state index contributed by atoms with van der Waals surface area (Å²) in [4.78, 5) is 30.4. The van der Waals surface area contributed by atoms with Gasteiger partial charge in [-0.3, -0.25) is 9.59 Å². The van der Waals surface area contributed by atoms with Gasteiger partial charge in [0.15, 0.2) is 0 Å². The van der Waals surface area contributed by atoms with Gasteiger partial charge in [0.05, 0.1) is 34.7 Å². The number of ketones is 1. The molecule has 6 nitrogen and oxygen atoms in total. The Morgan fingerprint density at radius 3 is 2.49 bits per heavy atom. The Morgan fingerprint density at radius 2 is 1.89 bits per heavy atom. The number of hydrogen-bond donors (Lipinski definition) is 2. The van der Waals surface area contributed by atoms with Crippen molar-refractivity contribution in [3.8, 4) is 0 Å². The monoisotopic (exact) mass is 509 g/mol. The molecule has 0 amide bonds. The number of nitrogens with zero attached hydrogens (tertiary/aromatic N) is 1. The number of alkyl halides is 1. The van der Waals surface area contributed by atoms with Crippen molar-refractivity contribution in [3.63, 3.8) is 0 Å². The quantitative estimate of drug-likeness (QED) is 0.419. The number of ether oxygens (including phenoxy) is 1. The predicted octanol–water partition coefficient (Wildman–Crippen LogP) is 5.21. The summed E-state index contributed by atoms with van der Waals surface area (Å²) in [6.45, 7) is 12.0. The van der Waals surface area contributed by atoms with Crippen molar-refractivity contribution in [1.82, 2.24) is 4.98 Å². The lowest BCUT2D eigenvalue weighted by Crippen LogP contribution is -2.45. The summed E-state index contributed by atoms with van der Waals surface area (Å²) in [5.41, 5.74) is 0.765. The van der Waals surface area contributed by atoms with E-state index in [1.165, 1.54) is 11.3 Å². The van der Waals surface area contributed by atoms with Crippen LogP contribution in [0.2, 0.25) is 0 Å². The molecule has 6 atom stereocenters. The molecule has 1 aromatic rings. The van der Waals surface area contributed by atoms with Crippen molar-refractivity contribution < 1.29 is 28.9 Å². The number of aromatic nitrogens is 1. The molecule has 0 aliphatic carbocycles. The first-order chi connectivity index (χ1) is 16.2. The fourth-order valence-electron chi connectivity index (χ4n) is 4.35. The van der Waals surface area contributed by atoms with Gasteiger partial charge in [0, 0.05) is 17.7 Å². The number of carbonyl (C=O) groups is 2. The van der Waals surface area contributed by atoms with Crippen LogP contribution in [0.3, 0.4) is 0 Å². The van der Waals surface area contributed by atoms with E-state index in [1.807, 2.05) is 25.3 Å². The largest absolute Gasteiger partial charge is 0.457 e. The number of aryl methyl sites for hydroxylation is 1. The molecule has 0 fully saturated rings. The van der Waals surface area contributed by atoms with Crippen LogP contribution in [0.4, 0.5) is 4.39 Å². The third-order valence-corrected chi connectivity index (χ3v) is 7.95. The van der Waals surface area contributed by atoms with E-state index >= 15 is 0 Å². The molecule has 1 aliphatic heterocycles. The van der Waals surface area contributed by atoms with Gasteiger partial charge in [0.25, 0.3) is 0 Å². The van der Waals surface area contributed by atoms with Crippen LogP contribution >= 0.6 is 11.3 Å². The van der Waals surface area contributed by atoms with Gasteiger partial charge in [-0.25, -0.2) is 9.37 Å². The molecule has 0 unspecified atom stereocenters. The maximum atomic E-state index is 14.9. The number of carbonyl (C=O) groups excluding carboxylic acids is 2. The molecule has 35 heavy (non-hydrogen) atoms. The van der Waals surface area contributed by atoms with Crippen LogP contribution in [0.1, 0.15) is 77.9 Å². The number of allylic oxidation sites excluding steroid dienone is 1. The normalized spacial score (nSPS) is 33.7. The van der Waals surface area contributed by atoms with Crippen molar-refractivity contribution >= 4 is 29.2 Å². The average molecular weight is 510 g/mol. The fraction of sp³-hybridized carbons (Fsp3) is 0.667. The Balaban J connectivity index is 2.38. The Kier molecular flexibility index (Phi) is 10.4. The van der Waals surface area contributed by atoms with Gasteiger partial charge in [-0.2, -0.15) is 0 Å². The molecule has 8 heteroatoms. The Bertz CT molecular complexity index is 953. The molecule has 1 aromatic heterocycles. The van der Waals surface area contributed by atoms with Crippen molar-refractivity contribution in [2.24, 2.45) is 17.3 Å². The third kappa shape index (κ3) is 7.79. The Morgan fingerprint density at radius 1 is 1.23 bits per heavy atom. The number of cyclic esters (lactones) is 1. The first-order valence-electron chi connectivity index (χ1n) is 12.2. The summed E-state index contributed by atoms with van der Waals surface area (Å²) >= 11 is 1.51. The molecule has 2 rings (SSSR count). The summed E-state index contributed by atoms with van der Waals surface area (Å²) in [6, 6.07) is 0. The predicted molar refractivity (Wildman–Crippen MR) is 137 cm³/mol. The molecule has 2 heterocycles. The van der Waals surface area contributed by atoms with Crippen LogP contribution < -0.4 is 0 Å². The second-order valence-corrected chi connectivity index (χ2v) is 11.5. The molecule has 0 saturated heterocycles. The van der Waals surface area contributed by atoms with Crippen LogP contribution in [0, 0.1) is 24.2 Å². The highest BCUT2D eigenvalue weighted by Gasteiger charge is 2.42. The van der Waals surface area contributed by atoms with Gasteiger partial charge in [0.1, 0.15) is 18.1 Å². The van der Waals surface area contributed by atoms with Crippen LogP contribution in [0.15, 0.2) is 22.6 Å². The van der Waals surface area contributed by atoms with Gasteiger partial charge in [-0.05, 0) is 56.8 Å². The molecule has 196 valence electrons. The molecule has 1 aliphatic rings. The standard InChI is InChI=1S/C27H40FNO5S/c1-15-9-11-22(17(3)12-20-14-35-19(5)29-20)34-24(31)13-23(30)27(6,7)26(33)18(4)25(32)16(2)8-10-21(15)28/h9,12,14,16,18,21-23,25,30,32H,8,10-11,13H2,1-7H3/b15-9-,17-12+/t16-,18+,21-,22-,23-,25-/m0/s1. The van der Waals surface area contributed by atoms with Gasteiger partial charge in [-0.15, -0.1) is 11.3 Å². The van der Waals surface area contributed by atoms with Crippen molar-refractivity contribution in [2.75, 3.05) is 0 Å². The summed E-state index contributed by atoms with van der Waals surface area (Å²) in [6.07, 6.45) is -0.0115. The second-order valence-electron chi connectivity index (χ2n) is 10.4. The minimum absolute atomic E-state index is 0.213. The average Bonchev–Trinajstić information content (AvgIpc) is 3.21. The SMILES string of the molecule is C/C1=C/C[C@@H](/C(C)=C/c2csc(C)n2)OC(=O)C[C@H](O)C(C)(C)C(=O)[C@H](C)[C@@H](O)[C@@H](C)CC[C@@H]1F. The van der Waals surface area contributed by atoms with E-state index in [0.29, 0.717) is 12.0 Å². The van der Waals surface area contributed by atoms with Crippen molar-refractivity contribution in [1.29, 1.82) is 0 Å². The van der Waals surface area contributed by atoms with Crippen molar-refractivity contribution in [2.45, 2.75) is 98.6 Å². The van der Waals surface area contributed by atoms with Gasteiger partial charge in [-0.1, -0.05) is 33.8 Å². The molecule has 0 spiro atoms. The highest BCUT2D eigenvalue weighted by atomic mass is 32.1. The van der Waals surface area contributed by atoms with E-state index in [1.54, 1.807) is 40.7 Å². The zero-order chi connectivity index (χ0) is 26.5. The van der Waals surface area contributed by atoms with E-state index in [9.17, 15) is 24.2 Å². The molecule has 0 saturated carbocycles. The Hall–Kier alpha value is -1.90. The zero-order valence-electron chi connectivity index (χ0n) is 21.9. The molecular weight excluding hydrogens is 469 g/mol. The summed E-state index contributed by atoms with van der Waals surface area (Å²) < 4.78 is 20.6. The highest BCUT2D eigenvalue weighted by molar-refractivity contribution is 7.09. The zero-order valence-corrected chi connectivity index (χ0v) is 22.7. The molecule has 2 N–H and O–H groups in total. The lowest BCUT2D eigenvalue weighted by Gasteiger charge is -2.34. The van der Waals surface area contributed by atoms with E-state index in [2.05, 4.69) is 4.98 Å². The summed E-state index contributed by atoms with van der Waals surface area (Å²) in [5.74, 6) is -2.07. The number of Topliss-reactive ketones (excluding diaryl/α,β-unsaturated/α-hetero) is 1. The maximum Gasteiger partial charge on any atom is 0.309 e. The number of esters is 1. The van der Waals surface area contributed by atoms with Crippen LogP contribution in [0.5, 0.6) is 0 Å². The van der Waals surface area contributed by atoms with Gasteiger partial charge < -0.3 is 14.9 Å². The Labute approximate surface area is 212 Å². The summed E-state index contributed by atoms with van der Waals surface area (Å²) in [7, 11) is 0. The molecule has 0 radical (unpaired) electrons. The fourth-order valence-corrected chi connectivity index (χ4v) is 4.92. The lowest BCUT2D eigenvalue weighted by molar-refractivity contribution is -0.154. The van der Waals surface area contributed by atoms with Gasteiger partial charge in [0.2, 0.25) is 0 Å². The maximum absolute atomic E-state index is 14.9. The number of rotatable bonds is 2. The molecule has 0 aromatic carbocycles. The smallest absolute Gasteiger partial charge is 0.309 e. The van der Waals surface area contributed by atoms with Crippen LogP contribution in [-0.4, -0.2) is 51.4 Å². The van der Waals surface area contributed by atoms with Crippen molar-refractivity contribution in [3.05, 3.63) is 33.3 Å². The number of halogens is 1. The van der Waals surface area contributed by atoms with E-state index in [4.69, 9.17) is 4.74 Å². The molecule has 0 bridgehead atoms. The van der Waals surface area contributed by atoms with E-state index in [-0.39, 0.29) is 31.0 Å². The minimum Gasteiger partial charge on any atom is -0.457 e. The number of aliphatic hydroxyl groups is 2.